The maximum Gasteiger partial charge on any atom is 0.193 e. The predicted octanol–water partition coefficient (Wildman–Crippen LogP) is 6.94. The summed E-state index contributed by atoms with van der Waals surface area (Å²) in [6.45, 7) is 6.68. The van der Waals surface area contributed by atoms with Crippen LogP contribution in [0.1, 0.15) is 66.2 Å². The Kier molecular flexibility index (Phi) is 8.85. The van der Waals surface area contributed by atoms with Gasteiger partial charge in [0.05, 0.1) is 12.2 Å². The first-order chi connectivity index (χ1) is 22.3. The second-order valence-corrected chi connectivity index (χ2v) is 15.6. The number of rotatable bonds is 7. The smallest absolute Gasteiger partial charge is 0.193 e. The van der Waals surface area contributed by atoms with E-state index in [4.69, 9.17) is 9.47 Å². The number of hydrogen-bond donors (Lipinski definition) is 3. The van der Waals surface area contributed by atoms with Crippen molar-refractivity contribution in [1.82, 2.24) is 0 Å². The van der Waals surface area contributed by atoms with E-state index in [0.29, 0.717) is 11.6 Å². The van der Waals surface area contributed by atoms with Crippen LogP contribution in [0.25, 0.3) is 0 Å². The quantitative estimate of drug-likeness (QED) is 0.289. The first kappa shape index (κ1) is 35.0. The van der Waals surface area contributed by atoms with Gasteiger partial charge in [-0.25, -0.2) is 8.78 Å². The number of hydrogen-bond acceptors (Lipinski definition) is 8. The monoisotopic (exact) mass is 681 g/mol. The summed E-state index contributed by atoms with van der Waals surface area (Å²) in [5, 5.41) is 25.3. The van der Waals surface area contributed by atoms with Gasteiger partial charge in [-0.1, -0.05) is 44.3 Å². The van der Waals surface area contributed by atoms with E-state index in [2.05, 4.69) is 31.3 Å². The van der Waals surface area contributed by atoms with Gasteiger partial charge in [0.1, 0.15) is 12.8 Å². The van der Waals surface area contributed by atoms with Crippen LogP contribution in [0.3, 0.4) is 0 Å². The van der Waals surface area contributed by atoms with Crippen LogP contribution in [0, 0.1) is 22.7 Å². The van der Waals surface area contributed by atoms with Crippen LogP contribution < -0.4 is 5.32 Å². The number of allylic oxidation sites excluding steroid dienone is 4. The number of halogens is 2. The molecule has 4 aliphatic carbocycles. The highest BCUT2D eigenvalue weighted by molar-refractivity contribution is 7.99. The number of carbonyl (C=O) groups excluding carboxylic acids is 2. The predicted molar refractivity (Wildman–Crippen MR) is 180 cm³/mol. The van der Waals surface area contributed by atoms with E-state index in [1.165, 1.54) is 12.2 Å². The van der Waals surface area contributed by atoms with Crippen molar-refractivity contribution in [3.8, 4) is 0 Å². The molecule has 5 aliphatic rings. The van der Waals surface area contributed by atoms with Crippen LogP contribution in [-0.2, 0) is 19.1 Å². The standard InChI is InChI=1S/C37H41F2NO6S.CH4/c1-20(2)40-22-7-11-25(12-8-22)47-24-9-5-21(6-10-24)33-45-32-17-26-27-16-29(38)28-15-23(42)13-14-34(28,3)36(27,39)30(43)18-35(26,4)37(32,46-33)31(44)19-41;/h5-15,20,26-27,29-30,32-33,40-41,43H,16-19H2,1-4H3;1H4/t26-,27-,29-,30-,32+,33-,34-,35-,36-,37+;/m0./s1. The van der Waals surface area contributed by atoms with Crippen LogP contribution in [0.5, 0.6) is 0 Å². The summed E-state index contributed by atoms with van der Waals surface area (Å²) in [6, 6.07) is 16.2. The molecule has 7 rings (SSSR count). The van der Waals surface area contributed by atoms with Crippen molar-refractivity contribution in [2.24, 2.45) is 22.7 Å². The number of nitrogens with one attached hydrogen (secondary N) is 1. The SMILES string of the molecule is C.CC(C)Nc1ccc(Sc2ccc([C@H]3O[C@@H]4C[C@H]5[C@@H]6C[C@H](F)C7=CC(=O)C=C[C@]7(C)[C@@]6(F)[C@@H](O)C[C@]5(C)[C@]4(C(=O)CO)O3)cc2)cc1. The number of anilines is 1. The van der Waals surface area contributed by atoms with Gasteiger partial charge in [0.25, 0.3) is 0 Å². The van der Waals surface area contributed by atoms with Crippen molar-refractivity contribution in [1.29, 1.82) is 0 Å². The fourth-order valence-electron chi connectivity index (χ4n) is 9.50. The number of aliphatic hydroxyl groups is 2. The summed E-state index contributed by atoms with van der Waals surface area (Å²) in [4.78, 5) is 28.0. The molecular weight excluding hydrogens is 636 g/mol. The average molecular weight is 682 g/mol. The molecule has 48 heavy (non-hydrogen) atoms. The molecule has 0 aromatic heterocycles. The highest BCUT2D eigenvalue weighted by Gasteiger charge is 2.80. The van der Waals surface area contributed by atoms with Crippen LogP contribution in [0.2, 0.25) is 0 Å². The molecule has 2 aromatic carbocycles. The third-order valence-corrected chi connectivity index (χ3v) is 12.6. The second-order valence-electron chi connectivity index (χ2n) is 14.5. The third kappa shape index (κ3) is 4.88. The Balaban J connectivity index is 0.00000401. The third-order valence-electron chi connectivity index (χ3n) is 11.6. The Morgan fingerprint density at radius 2 is 1.71 bits per heavy atom. The Hall–Kier alpha value is -2.89. The zero-order valence-corrected chi connectivity index (χ0v) is 27.7. The summed E-state index contributed by atoms with van der Waals surface area (Å²) in [7, 11) is 0. The second kappa shape index (κ2) is 12.2. The molecule has 10 heteroatoms. The highest BCUT2D eigenvalue weighted by atomic mass is 32.2. The van der Waals surface area contributed by atoms with Crippen LogP contribution >= 0.6 is 11.8 Å². The number of Topliss-reactive ketones (excluding diaryl/α,β-unsaturated/α-hetero) is 1. The molecule has 10 atom stereocenters. The number of carbonyl (C=O) groups is 2. The summed E-state index contributed by atoms with van der Waals surface area (Å²) >= 11 is 1.61. The fourth-order valence-corrected chi connectivity index (χ4v) is 10.3. The number of ether oxygens (including phenoxy) is 2. The molecule has 4 fully saturated rings. The van der Waals surface area contributed by atoms with E-state index in [1.54, 1.807) is 25.6 Å². The van der Waals surface area contributed by atoms with Crippen LogP contribution in [0.4, 0.5) is 14.5 Å². The number of fused-ring (bicyclic) bond motifs is 7. The summed E-state index contributed by atoms with van der Waals surface area (Å²) < 4.78 is 46.4. The minimum atomic E-state index is -2.29. The molecule has 0 radical (unpaired) electrons. The van der Waals surface area contributed by atoms with Crippen molar-refractivity contribution in [3.05, 3.63) is 77.9 Å². The largest absolute Gasteiger partial charge is 0.390 e. The Morgan fingerprint density at radius 1 is 1.06 bits per heavy atom. The number of alkyl halides is 2. The number of benzene rings is 2. The number of aliphatic hydroxyl groups excluding tert-OH is 2. The number of ketones is 2. The highest BCUT2D eigenvalue weighted by Crippen LogP contribution is 2.72. The normalized spacial score (nSPS) is 39.5. The Bertz CT molecular complexity index is 1650. The van der Waals surface area contributed by atoms with Gasteiger partial charge in [-0.15, -0.1) is 0 Å². The maximum absolute atomic E-state index is 17.6. The van der Waals surface area contributed by atoms with Crippen molar-refractivity contribution in [3.63, 3.8) is 0 Å². The van der Waals surface area contributed by atoms with Gasteiger partial charge in [-0.3, -0.25) is 9.59 Å². The Morgan fingerprint density at radius 3 is 2.33 bits per heavy atom. The van der Waals surface area contributed by atoms with Crippen molar-refractivity contribution in [2.75, 3.05) is 11.9 Å². The summed E-state index contributed by atoms with van der Waals surface area (Å²) in [5.41, 5.74) is -4.88. The summed E-state index contributed by atoms with van der Waals surface area (Å²) in [6.07, 6.45) is -1.37. The molecule has 0 spiro atoms. The first-order valence-electron chi connectivity index (χ1n) is 16.3. The lowest BCUT2D eigenvalue weighted by Crippen LogP contribution is -2.70. The lowest BCUT2D eigenvalue weighted by molar-refractivity contribution is -0.235. The molecule has 258 valence electrons. The molecule has 1 heterocycles. The molecule has 0 amide bonds. The molecule has 3 saturated carbocycles. The van der Waals surface area contributed by atoms with Crippen molar-refractivity contribution >= 4 is 29.0 Å². The van der Waals surface area contributed by atoms with Gasteiger partial charge >= 0.3 is 0 Å². The maximum atomic E-state index is 17.6. The molecule has 3 N–H and O–H groups in total. The van der Waals surface area contributed by atoms with E-state index in [-0.39, 0.29) is 32.3 Å². The van der Waals surface area contributed by atoms with Crippen LogP contribution in [-0.4, -0.2) is 64.1 Å². The average Bonchev–Trinajstić information content (AvgIpc) is 3.53. The summed E-state index contributed by atoms with van der Waals surface area (Å²) in [5.74, 6) is -2.59. The van der Waals surface area contributed by atoms with Gasteiger partial charge in [0.2, 0.25) is 0 Å². The van der Waals surface area contributed by atoms with Crippen molar-refractivity contribution in [2.45, 2.75) is 106 Å². The molecule has 2 aromatic rings. The van der Waals surface area contributed by atoms with Gasteiger partial charge in [0, 0.05) is 43.8 Å². The topological polar surface area (TPSA) is 105 Å². The van der Waals surface area contributed by atoms with Gasteiger partial charge in [-0.05, 0) is 100 Å². The van der Waals surface area contributed by atoms with E-state index in [1.807, 2.05) is 36.4 Å². The van der Waals surface area contributed by atoms with E-state index < -0.39 is 76.8 Å². The van der Waals surface area contributed by atoms with E-state index in [0.717, 1.165) is 21.6 Å². The molecule has 0 bridgehead atoms. The zero-order chi connectivity index (χ0) is 33.5. The van der Waals surface area contributed by atoms with E-state index >= 15 is 8.78 Å². The minimum Gasteiger partial charge on any atom is -0.390 e. The molecule has 0 unspecified atom stereocenters. The molecule has 1 saturated heterocycles. The van der Waals surface area contributed by atoms with Gasteiger partial charge < -0.3 is 25.0 Å². The van der Waals surface area contributed by atoms with Gasteiger partial charge in [0.15, 0.2) is 29.1 Å². The Labute approximate surface area is 285 Å². The zero-order valence-electron chi connectivity index (χ0n) is 26.9. The molecule has 7 nitrogen and oxygen atoms in total. The van der Waals surface area contributed by atoms with Gasteiger partial charge in [-0.2, -0.15) is 0 Å². The van der Waals surface area contributed by atoms with Crippen molar-refractivity contribution < 1.29 is 38.1 Å². The molecular formula is C38H45F2NO6S. The minimum absolute atomic E-state index is 0. The fraction of sp³-hybridized carbons (Fsp3) is 0.526. The lowest BCUT2D eigenvalue weighted by atomic mass is 9.44. The molecule has 1 aliphatic heterocycles. The first-order valence-corrected chi connectivity index (χ1v) is 17.2. The van der Waals surface area contributed by atoms with Crippen LogP contribution in [0.15, 0.2) is 82.1 Å². The lowest BCUT2D eigenvalue weighted by Gasteiger charge is -2.63. The van der Waals surface area contributed by atoms with E-state index in [9.17, 15) is 19.8 Å².